The molecule has 0 bridgehead atoms. The van der Waals surface area contributed by atoms with Crippen molar-refractivity contribution in [3.8, 4) is 0 Å². The number of carbonyl (C=O) groups is 4. The van der Waals surface area contributed by atoms with E-state index in [-0.39, 0.29) is 28.7 Å². The third kappa shape index (κ3) is 3.99. The second-order valence-corrected chi connectivity index (χ2v) is 7.65. The molecule has 3 aromatic carbocycles. The van der Waals surface area contributed by atoms with Gasteiger partial charge in [0.25, 0.3) is 0 Å². The number of carboxylic acids is 1. The zero-order chi connectivity index (χ0) is 22.8. The highest BCUT2D eigenvalue weighted by Gasteiger charge is 2.25. The zero-order valence-electron chi connectivity index (χ0n) is 17.1. The van der Waals surface area contributed by atoms with Crippen LogP contribution in [0.1, 0.15) is 71.0 Å². The average molecular weight is 430 g/mol. The number of rotatable bonds is 3. The van der Waals surface area contributed by atoms with E-state index in [1.165, 1.54) is 24.3 Å². The molecule has 0 radical (unpaired) electrons. The zero-order valence-corrected chi connectivity index (χ0v) is 17.1. The Morgan fingerprint density at radius 1 is 0.688 bits per heavy atom. The summed E-state index contributed by atoms with van der Waals surface area (Å²) < 4.78 is 12.9. The van der Waals surface area contributed by atoms with Crippen LogP contribution in [0.15, 0.2) is 60.7 Å². The van der Waals surface area contributed by atoms with Crippen molar-refractivity contribution in [1.29, 1.82) is 0 Å². The van der Waals surface area contributed by atoms with Crippen LogP contribution in [0, 0.1) is 5.82 Å². The maximum atomic E-state index is 12.9. The van der Waals surface area contributed by atoms with Gasteiger partial charge in [0.2, 0.25) is 0 Å². The van der Waals surface area contributed by atoms with Crippen LogP contribution in [0.5, 0.6) is 0 Å². The number of Topliss-reactive ketones (excluding diaryl/α,β-unsaturated/α-hetero) is 2. The highest BCUT2D eigenvalue weighted by Crippen LogP contribution is 2.27. The molecule has 2 aliphatic carbocycles. The first-order valence-electron chi connectivity index (χ1n) is 10.2. The van der Waals surface area contributed by atoms with Crippen molar-refractivity contribution in [2.45, 2.75) is 25.7 Å². The van der Waals surface area contributed by atoms with Gasteiger partial charge in [-0.05, 0) is 54.3 Å². The Morgan fingerprint density at radius 3 is 1.72 bits per heavy atom. The minimum Gasteiger partial charge on any atom is -0.478 e. The normalized spacial score (nSPS) is 13.8. The number of hydrogen-bond donors (Lipinski definition) is 1. The molecule has 0 atom stereocenters. The van der Waals surface area contributed by atoms with Crippen LogP contribution >= 0.6 is 0 Å². The van der Waals surface area contributed by atoms with E-state index in [4.69, 9.17) is 5.11 Å². The van der Waals surface area contributed by atoms with Gasteiger partial charge in [-0.25, -0.2) is 9.18 Å². The first kappa shape index (κ1) is 21.3. The summed E-state index contributed by atoms with van der Waals surface area (Å²) in [6.45, 7) is 0. The van der Waals surface area contributed by atoms with Crippen LogP contribution in [0.3, 0.4) is 0 Å². The van der Waals surface area contributed by atoms with E-state index in [2.05, 4.69) is 0 Å². The molecule has 0 saturated carbocycles. The number of benzene rings is 3. The quantitative estimate of drug-likeness (QED) is 0.609. The standard InChI is InChI=1S/C16H11FO2.C10H8O3/c17-11-6-4-10(5-7-11)16(19)14-3-1-2-13-12(14)8-9-15(13)18;11-9-5-4-6-7(9)2-1-3-8(6)10(12)13/h1-7H,8-9H2;1-3H,4-5H2,(H,12,13). The van der Waals surface area contributed by atoms with E-state index in [9.17, 15) is 23.6 Å². The van der Waals surface area contributed by atoms with Gasteiger partial charge in [-0.2, -0.15) is 0 Å². The molecule has 0 saturated heterocycles. The van der Waals surface area contributed by atoms with E-state index >= 15 is 0 Å². The Bertz CT molecular complexity index is 1260. The summed E-state index contributed by atoms with van der Waals surface area (Å²) in [7, 11) is 0. The molecule has 0 heterocycles. The largest absolute Gasteiger partial charge is 0.478 e. The Kier molecular flexibility index (Phi) is 5.77. The Morgan fingerprint density at radius 2 is 1.19 bits per heavy atom. The van der Waals surface area contributed by atoms with E-state index in [0.717, 1.165) is 5.56 Å². The summed E-state index contributed by atoms with van der Waals surface area (Å²) in [5.41, 5.74) is 4.00. The molecule has 6 heteroatoms. The van der Waals surface area contributed by atoms with Crippen molar-refractivity contribution in [3.63, 3.8) is 0 Å². The number of ketones is 3. The van der Waals surface area contributed by atoms with Gasteiger partial charge < -0.3 is 5.11 Å². The summed E-state index contributed by atoms with van der Waals surface area (Å²) in [5, 5.41) is 8.82. The lowest BCUT2D eigenvalue weighted by Gasteiger charge is -2.06. The van der Waals surface area contributed by atoms with Crippen molar-refractivity contribution < 1.29 is 28.7 Å². The van der Waals surface area contributed by atoms with Gasteiger partial charge in [0.1, 0.15) is 5.82 Å². The Balaban J connectivity index is 0.000000165. The van der Waals surface area contributed by atoms with Crippen molar-refractivity contribution in [1.82, 2.24) is 0 Å². The van der Waals surface area contributed by atoms with Crippen LogP contribution < -0.4 is 0 Å². The molecule has 160 valence electrons. The minimum atomic E-state index is -0.952. The molecular formula is C26H19FO5. The van der Waals surface area contributed by atoms with Crippen molar-refractivity contribution in [3.05, 3.63) is 105 Å². The van der Waals surface area contributed by atoms with Crippen LogP contribution in [0.4, 0.5) is 4.39 Å². The molecule has 0 aliphatic heterocycles. The van der Waals surface area contributed by atoms with E-state index < -0.39 is 5.97 Å². The lowest BCUT2D eigenvalue weighted by Crippen LogP contribution is -2.05. The second-order valence-electron chi connectivity index (χ2n) is 7.65. The lowest BCUT2D eigenvalue weighted by molar-refractivity contribution is 0.0695. The number of halogens is 1. The lowest BCUT2D eigenvalue weighted by atomic mass is 9.96. The Labute approximate surface area is 183 Å². The molecule has 0 unspecified atom stereocenters. The SMILES string of the molecule is O=C(O)c1cccc2c1CCC2=O.O=C1CCc2c1cccc2C(=O)c1ccc(F)cc1. The number of carbonyl (C=O) groups excluding carboxylic acids is 3. The fourth-order valence-electron chi connectivity index (χ4n) is 4.15. The van der Waals surface area contributed by atoms with Gasteiger partial charge in [-0.3, -0.25) is 14.4 Å². The Hall–Kier alpha value is -3.93. The predicted octanol–water partition coefficient (Wildman–Crippen LogP) is 4.70. The number of carboxylic acid groups (broad SMARTS) is 1. The summed E-state index contributed by atoms with van der Waals surface area (Å²) >= 11 is 0. The maximum absolute atomic E-state index is 12.9. The van der Waals surface area contributed by atoms with Crippen LogP contribution in [0.2, 0.25) is 0 Å². The highest BCUT2D eigenvalue weighted by atomic mass is 19.1. The van der Waals surface area contributed by atoms with Crippen molar-refractivity contribution in [2.24, 2.45) is 0 Å². The summed E-state index contributed by atoms with van der Waals surface area (Å²) in [5.74, 6) is -1.34. The molecule has 5 rings (SSSR count). The topological polar surface area (TPSA) is 88.5 Å². The minimum absolute atomic E-state index is 0.0538. The van der Waals surface area contributed by atoms with Crippen LogP contribution in [0.25, 0.3) is 0 Å². The van der Waals surface area contributed by atoms with E-state index in [1.54, 1.807) is 36.4 Å². The predicted molar refractivity (Wildman–Crippen MR) is 115 cm³/mol. The number of aromatic carboxylic acids is 1. The summed E-state index contributed by atoms with van der Waals surface area (Å²) in [6.07, 6.45) is 2.08. The molecular weight excluding hydrogens is 411 g/mol. The van der Waals surface area contributed by atoms with Gasteiger partial charge in [0.05, 0.1) is 5.56 Å². The number of hydrogen-bond acceptors (Lipinski definition) is 4. The van der Waals surface area contributed by atoms with Gasteiger partial charge >= 0.3 is 5.97 Å². The molecule has 32 heavy (non-hydrogen) atoms. The fourth-order valence-corrected chi connectivity index (χ4v) is 4.15. The highest BCUT2D eigenvalue weighted by molar-refractivity contribution is 6.13. The van der Waals surface area contributed by atoms with E-state index in [0.29, 0.717) is 53.5 Å². The first-order chi connectivity index (χ1) is 15.4. The molecule has 1 N–H and O–H groups in total. The molecule has 3 aromatic rings. The third-order valence-electron chi connectivity index (χ3n) is 5.74. The molecule has 0 amide bonds. The van der Waals surface area contributed by atoms with Gasteiger partial charge in [0.15, 0.2) is 17.3 Å². The van der Waals surface area contributed by atoms with Crippen molar-refractivity contribution >= 4 is 23.3 Å². The smallest absolute Gasteiger partial charge is 0.335 e. The van der Waals surface area contributed by atoms with Gasteiger partial charge in [-0.1, -0.05) is 30.3 Å². The van der Waals surface area contributed by atoms with Crippen LogP contribution in [-0.4, -0.2) is 28.4 Å². The summed E-state index contributed by atoms with van der Waals surface area (Å²) in [6, 6.07) is 15.5. The average Bonchev–Trinajstić information content (AvgIpc) is 3.37. The molecule has 5 nitrogen and oxygen atoms in total. The summed E-state index contributed by atoms with van der Waals surface area (Å²) in [4.78, 5) is 46.1. The second kappa shape index (κ2) is 8.67. The molecule has 0 spiro atoms. The third-order valence-corrected chi connectivity index (χ3v) is 5.74. The first-order valence-corrected chi connectivity index (χ1v) is 10.2. The van der Waals surface area contributed by atoms with E-state index in [1.807, 2.05) is 0 Å². The fraction of sp³-hybridized carbons (Fsp3) is 0.154. The molecule has 0 aromatic heterocycles. The monoisotopic (exact) mass is 430 g/mol. The van der Waals surface area contributed by atoms with Crippen molar-refractivity contribution in [2.75, 3.05) is 0 Å². The van der Waals surface area contributed by atoms with Gasteiger partial charge in [-0.15, -0.1) is 0 Å². The van der Waals surface area contributed by atoms with Crippen LogP contribution in [-0.2, 0) is 12.8 Å². The molecule has 2 aliphatic rings. The van der Waals surface area contributed by atoms with Gasteiger partial charge in [0, 0.05) is 35.1 Å². The molecule has 0 fully saturated rings. The number of fused-ring (bicyclic) bond motifs is 2. The maximum Gasteiger partial charge on any atom is 0.335 e.